The third kappa shape index (κ3) is 4.87. The summed E-state index contributed by atoms with van der Waals surface area (Å²) in [6.45, 7) is 5.42. The Morgan fingerprint density at radius 2 is 1.69 bits per heavy atom. The molecule has 0 saturated carbocycles. The van der Waals surface area contributed by atoms with E-state index in [1.165, 1.54) is 6.07 Å². The van der Waals surface area contributed by atoms with Crippen LogP contribution in [0, 0.1) is 19.7 Å². The molecule has 1 heterocycles. The standard InChI is InChI=1S/C21H26FN3O3S/c1-16-8-9-18(14-17(16)2)25(29(3,27)28)15-21(26)24-12-10-23(11-13-24)20-7-5-4-6-19(20)22/h4-9,14H,10-13,15H2,1-3H3. The van der Waals surface area contributed by atoms with E-state index in [9.17, 15) is 17.6 Å². The van der Waals surface area contributed by atoms with Crippen LogP contribution in [0.5, 0.6) is 0 Å². The third-order valence-electron chi connectivity index (χ3n) is 5.28. The molecule has 0 aliphatic carbocycles. The number of rotatable bonds is 5. The summed E-state index contributed by atoms with van der Waals surface area (Å²) < 4.78 is 39.8. The second-order valence-corrected chi connectivity index (χ2v) is 9.26. The number of benzene rings is 2. The molecule has 0 radical (unpaired) electrons. The van der Waals surface area contributed by atoms with E-state index in [1.807, 2.05) is 24.8 Å². The van der Waals surface area contributed by atoms with Gasteiger partial charge < -0.3 is 9.80 Å². The van der Waals surface area contributed by atoms with Crippen molar-refractivity contribution >= 4 is 27.3 Å². The Labute approximate surface area is 171 Å². The maximum Gasteiger partial charge on any atom is 0.243 e. The molecule has 0 aromatic heterocycles. The number of halogens is 1. The van der Waals surface area contributed by atoms with Gasteiger partial charge in [0.15, 0.2) is 0 Å². The fourth-order valence-electron chi connectivity index (χ4n) is 3.41. The summed E-state index contributed by atoms with van der Waals surface area (Å²) in [5.41, 5.74) is 3.02. The quantitative estimate of drug-likeness (QED) is 0.747. The maximum atomic E-state index is 14.0. The SMILES string of the molecule is Cc1ccc(N(CC(=O)N2CCN(c3ccccc3F)CC2)S(C)(=O)=O)cc1C. The number of hydrogen-bond donors (Lipinski definition) is 0. The zero-order chi connectivity index (χ0) is 21.2. The summed E-state index contributed by atoms with van der Waals surface area (Å²) in [6, 6.07) is 11.9. The average molecular weight is 420 g/mol. The van der Waals surface area contributed by atoms with Crippen molar-refractivity contribution < 1.29 is 17.6 Å². The van der Waals surface area contributed by atoms with Gasteiger partial charge in [-0.2, -0.15) is 0 Å². The number of anilines is 2. The van der Waals surface area contributed by atoms with Crippen LogP contribution in [0.15, 0.2) is 42.5 Å². The summed E-state index contributed by atoms with van der Waals surface area (Å²) in [5.74, 6) is -0.549. The van der Waals surface area contributed by atoms with Crippen LogP contribution in [-0.4, -0.2) is 58.2 Å². The number of para-hydroxylation sites is 1. The molecule has 6 nitrogen and oxygen atoms in total. The highest BCUT2D eigenvalue weighted by Crippen LogP contribution is 2.23. The van der Waals surface area contributed by atoms with Crippen LogP contribution < -0.4 is 9.21 Å². The minimum atomic E-state index is -3.61. The predicted molar refractivity (Wildman–Crippen MR) is 113 cm³/mol. The lowest BCUT2D eigenvalue weighted by Crippen LogP contribution is -2.52. The van der Waals surface area contributed by atoms with Crippen molar-refractivity contribution in [3.8, 4) is 0 Å². The van der Waals surface area contributed by atoms with Crippen LogP contribution in [0.3, 0.4) is 0 Å². The normalized spacial score (nSPS) is 14.8. The molecule has 0 atom stereocenters. The van der Waals surface area contributed by atoms with Gasteiger partial charge in [0.2, 0.25) is 15.9 Å². The molecule has 0 unspecified atom stereocenters. The Hall–Kier alpha value is -2.61. The maximum absolute atomic E-state index is 14.0. The van der Waals surface area contributed by atoms with Crippen LogP contribution >= 0.6 is 0 Å². The lowest BCUT2D eigenvalue weighted by Gasteiger charge is -2.37. The fraction of sp³-hybridized carbons (Fsp3) is 0.381. The van der Waals surface area contributed by atoms with Gasteiger partial charge in [-0.1, -0.05) is 18.2 Å². The molecular formula is C21H26FN3O3S. The average Bonchev–Trinajstić information content (AvgIpc) is 2.68. The van der Waals surface area contributed by atoms with E-state index in [4.69, 9.17) is 0 Å². The smallest absolute Gasteiger partial charge is 0.243 e. The minimum Gasteiger partial charge on any atom is -0.366 e. The summed E-state index contributed by atoms with van der Waals surface area (Å²) in [6.07, 6.45) is 1.10. The Morgan fingerprint density at radius 1 is 1.03 bits per heavy atom. The Bertz CT molecular complexity index is 1000. The number of sulfonamides is 1. The van der Waals surface area contributed by atoms with Gasteiger partial charge in [-0.05, 0) is 49.2 Å². The number of amides is 1. The van der Waals surface area contributed by atoms with Crippen LogP contribution in [0.1, 0.15) is 11.1 Å². The van der Waals surface area contributed by atoms with Crippen molar-refractivity contribution in [2.45, 2.75) is 13.8 Å². The van der Waals surface area contributed by atoms with Crippen LogP contribution in [0.2, 0.25) is 0 Å². The molecule has 0 spiro atoms. The number of carbonyl (C=O) groups excluding carboxylic acids is 1. The molecule has 1 saturated heterocycles. The van der Waals surface area contributed by atoms with Crippen LogP contribution in [0.4, 0.5) is 15.8 Å². The summed E-state index contributed by atoms with van der Waals surface area (Å²) in [5, 5.41) is 0. The highest BCUT2D eigenvalue weighted by molar-refractivity contribution is 7.92. The monoisotopic (exact) mass is 419 g/mol. The van der Waals surface area contributed by atoms with Crippen molar-refractivity contribution in [3.05, 3.63) is 59.4 Å². The molecule has 1 aliphatic rings. The number of piperazine rings is 1. The molecule has 0 N–H and O–H groups in total. The van der Waals surface area contributed by atoms with E-state index in [1.54, 1.807) is 35.2 Å². The predicted octanol–water partition coefficient (Wildman–Crippen LogP) is 2.56. The minimum absolute atomic E-state index is 0.249. The van der Waals surface area contributed by atoms with Crippen LogP contribution in [0.25, 0.3) is 0 Å². The van der Waals surface area contributed by atoms with E-state index < -0.39 is 10.0 Å². The highest BCUT2D eigenvalue weighted by Gasteiger charge is 2.27. The van der Waals surface area contributed by atoms with Gasteiger partial charge >= 0.3 is 0 Å². The zero-order valence-electron chi connectivity index (χ0n) is 16.9. The first kappa shape index (κ1) is 21.1. The lowest BCUT2D eigenvalue weighted by molar-refractivity contribution is -0.129. The van der Waals surface area contributed by atoms with E-state index in [0.717, 1.165) is 21.7 Å². The first-order chi connectivity index (χ1) is 13.7. The van der Waals surface area contributed by atoms with Crippen LogP contribution in [-0.2, 0) is 14.8 Å². The van der Waals surface area contributed by atoms with Crippen molar-refractivity contribution in [3.63, 3.8) is 0 Å². The number of nitrogens with zero attached hydrogens (tertiary/aromatic N) is 3. The molecule has 0 bridgehead atoms. The second kappa shape index (κ2) is 8.41. The van der Waals surface area contributed by atoms with Gasteiger partial charge in [-0.15, -0.1) is 0 Å². The van der Waals surface area contributed by atoms with Crippen molar-refractivity contribution in [1.82, 2.24) is 4.90 Å². The molecular weight excluding hydrogens is 393 g/mol. The largest absolute Gasteiger partial charge is 0.366 e. The van der Waals surface area contributed by atoms with Crippen molar-refractivity contribution in [2.24, 2.45) is 0 Å². The van der Waals surface area contributed by atoms with Gasteiger partial charge in [0, 0.05) is 26.2 Å². The van der Waals surface area contributed by atoms with Gasteiger partial charge in [-0.25, -0.2) is 12.8 Å². The number of aryl methyl sites for hydroxylation is 2. The van der Waals surface area contributed by atoms with E-state index in [2.05, 4.69) is 0 Å². The van der Waals surface area contributed by atoms with Crippen molar-refractivity contribution in [2.75, 3.05) is 48.2 Å². The third-order valence-corrected chi connectivity index (χ3v) is 6.42. The van der Waals surface area contributed by atoms with Crippen molar-refractivity contribution in [1.29, 1.82) is 0 Å². The second-order valence-electron chi connectivity index (χ2n) is 7.36. The van der Waals surface area contributed by atoms with Gasteiger partial charge in [0.1, 0.15) is 12.4 Å². The first-order valence-electron chi connectivity index (χ1n) is 9.49. The molecule has 2 aromatic carbocycles. The summed E-state index contributed by atoms with van der Waals surface area (Å²) in [4.78, 5) is 16.4. The lowest BCUT2D eigenvalue weighted by atomic mass is 10.1. The van der Waals surface area contributed by atoms with Gasteiger partial charge in [0.25, 0.3) is 0 Å². The number of carbonyl (C=O) groups is 1. The summed E-state index contributed by atoms with van der Waals surface area (Å²) in [7, 11) is -3.61. The Balaban J connectivity index is 1.69. The zero-order valence-corrected chi connectivity index (χ0v) is 17.7. The summed E-state index contributed by atoms with van der Waals surface area (Å²) >= 11 is 0. The molecule has 156 valence electrons. The molecule has 29 heavy (non-hydrogen) atoms. The molecule has 1 aliphatic heterocycles. The highest BCUT2D eigenvalue weighted by atomic mass is 32.2. The van der Waals surface area contributed by atoms with Gasteiger partial charge in [0.05, 0.1) is 17.6 Å². The Kier molecular flexibility index (Phi) is 6.12. The van der Waals surface area contributed by atoms with E-state index in [-0.39, 0.29) is 18.3 Å². The Morgan fingerprint density at radius 3 is 2.28 bits per heavy atom. The molecule has 1 amide bonds. The number of hydrogen-bond acceptors (Lipinski definition) is 4. The molecule has 8 heteroatoms. The van der Waals surface area contributed by atoms with Gasteiger partial charge in [-0.3, -0.25) is 9.10 Å². The first-order valence-corrected chi connectivity index (χ1v) is 11.3. The molecule has 2 aromatic rings. The molecule has 3 rings (SSSR count). The fourth-order valence-corrected chi connectivity index (χ4v) is 4.25. The molecule has 1 fully saturated rings. The topological polar surface area (TPSA) is 60.9 Å². The van der Waals surface area contributed by atoms with E-state index >= 15 is 0 Å². The van der Waals surface area contributed by atoms with E-state index in [0.29, 0.717) is 37.6 Å².